The van der Waals surface area contributed by atoms with Gasteiger partial charge in [0.25, 0.3) is 0 Å². The van der Waals surface area contributed by atoms with Crippen molar-refractivity contribution in [2.24, 2.45) is 0 Å². The van der Waals surface area contributed by atoms with Gasteiger partial charge in [0.2, 0.25) is 11.8 Å². The van der Waals surface area contributed by atoms with E-state index >= 15 is 0 Å². The summed E-state index contributed by atoms with van der Waals surface area (Å²) in [5, 5.41) is 6.29. The summed E-state index contributed by atoms with van der Waals surface area (Å²) in [6, 6.07) is 0.405. The van der Waals surface area contributed by atoms with Crippen molar-refractivity contribution < 1.29 is 9.59 Å². The van der Waals surface area contributed by atoms with E-state index in [-0.39, 0.29) is 18.4 Å². The third-order valence-corrected chi connectivity index (χ3v) is 3.46. The average molecular weight is 239 g/mol. The van der Waals surface area contributed by atoms with Crippen molar-refractivity contribution in [1.82, 2.24) is 15.5 Å². The van der Waals surface area contributed by atoms with Gasteiger partial charge >= 0.3 is 0 Å². The van der Waals surface area contributed by atoms with Crippen LogP contribution in [0.1, 0.15) is 32.1 Å². The number of nitrogens with one attached hydrogen (secondary N) is 2. The highest BCUT2D eigenvalue weighted by molar-refractivity contribution is 5.85. The van der Waals surface area contributed by atoms with Crippen molar-refractivity contribution in [2.45, 2.75) is 38.1 Å². The zero-order valence-electron chi connectivity index (χ0n) is 10.2. The van der Waals surface area contributed by atoms with Crippen molar-refractivity contribution in [3.63, 3.8) is 0 Å². The maximum absolute atomic E-state index is 11.7. The Balaban J connectivity index is 1.64. The number of carbonyl (C=O) groups is 2. The van der Waals surface area contributed by atoms with Crippen LogP contribution in [0.25, 0.3) is 0 Å². The Morgan fingerprint density at radius 2 is 2.29 bits per heavy atom. The van der Waals surface area contributed by atoms with Crippen LogP contribution in [-0.4, -0.2) is 48.9 Å². The van der Waals surface area contributed by atoms with Crippen molar-refractivity contribution in [3.8, 4) is 0 Å². The Labute approximate surface area is 102 Å². The number of amides is 2. The molecule has 5 heteroatoms. The van der Waals surface area contributed by atoms with E-state index in [0.717, 1.165) is 25.9 Å². The van der Waals surface area contributed by atoms with E-state index in [1.807, 2.05) is 0 Å². The van der Waals surface area contributed by atoms with Crippen LogP contribution in [0.15, 0.2) is 0 Å². The second-order valence-corrected chi connectivity index (χ2v) is 4.87. The standard InChI is InChI=1S/C12H21N3O2/c16-11(9-15-7-3-5-12(15)17)14-8-10-4-1-2-6-13-10/h10,13H,1-9H2,(H,14,16). The first-order valence-electron chi connectivity index (χ1n) is 6.53. The lowest BCUT2D eigenvalue weighted by Gasteiger charge is -2.24. The predicted octanol–water partition coefficient (Wildman–Crippen LogP) is -0.133. The van der Waals surface area contributed by atoms with Gasteiger partial charge < -0.3 is 15.5 Å². The first-order valence-corrected chi connectivity index (χ1v) is 6.53. The highest BCUT2D eigenvalue weighted by Crippen LogP contribution is 2.09. The largest absolute Gasteiger partial charge is 0.353 e. The predicted molar refractivity (Wildman–Crippen MR) is 64.5 cm³/mol. The van der Waals surface area contributed by atoms with Gasteiger partial charge in [0.15, 0.2) is 0 Å². The minimum Gasteiger partial charge on any atom is -0.353 e. The van der Waals surface area contributed by atoms with Gasteiger partial charge in [-0.2, -0.15) is 0 Å². The SMILES string of the molecule is O=C(CN1CCCC1=O)NCC1CCCCN1. The molecule has 96 valence electrons. The molecule has 0 saturated carbocycles. The Kier molecular flexibility index (Phi) is 4.36. The molecule has 2 heterocycles. The van der Waals surface area contributed by atoms with Crippen molar-refractivity contribution in [2.75, 3.05) is 26.2 Å². The fraction of sp³-hybridized carbons (Fsp3) is 0.833. The van der Waals surface area contributed by atoms with Crippen LogP contribution in [0, 0.1) is 0 Å². The molecule has 0 aromatic carbocycles. The van der Waals surface area contributed by atoms with Gasteiger partial charge in [-0.05, 0) is 25.8 Å². The molecule has 2 saturated heterocycles. The Morgan fingerprint density at radius 1 is 1.41 bits per heavy atom. The number of likely N-dealkylation sites (tertiary alicyclic amines) is 1. The minimum atomic E-state index is -0.0346. The van der Waals surface area contributed by atoms with E-state index in [0.29, 0.717) is 19.0 Å². The van der Waals surface area contributed by atoms with Crippen LogP contribution in [0.3, 0.4) is 0 Å². The Hall–Kier alpha value is -1.10. The topological polar surface area (TPSA) is 61.4 Å². The van der Waals surface area contributed by atoms with Crippen LogP contribution in [0.5, 0.6) is 0 Å². The smallest absolute Gasteiger partial charge is 0.239 e. The van der Waals surface area contributed by atoms with E-state index in [1.54, 1.807) is 4.90 Å². The number of nitrogens with zero attached hydrogens (tertiary/aromatic N) is 1. The maximum atomic E-state index is 11.7. The van der Waals surface area contributed by atoms with Gasteiger partial charge in [0.1, 0.15) is 0 Å². The molecule has 2 rings (SSSR count). The van der Waals surface area contributed by atoms with Crippen LogP contribution < -0.4 is 10.6 Å². The van der Waals surface area contributed by atoms with Crippen LogP contribution >= 0.6 is 0 Å². The number of rotatable bonds is 4. The summed E-state index contributed by atoms with van der Waals surface area (Å²) in [4.78, 5) is 24.6. The van der Waals surface area contributed by atoms with Crippen molar-refractivity contribution >= 4 is 11.8 Å². The number of piperidine rings is 1. The number of hydrogen-bond donors (Lipinski definition) is 2. The highest BCUT2D eigenvalue weighted by atomic mass is 16.2. The molecule has 1 atom stereocenters. The lowest BCUT2D eigenvalue weighted by Crippen LogP contribution is -2.46. The van der Waals surface area contributed by atoms with Gasteiger partial charge in [-0.1, -0.05) is 6.42 Å². The molecule has 2 N–H and O–H groups in total. The molecular formula is C12H21N3O2. The monoisotopic (exact) mass is 239 g/mol. The summed E-state index contributed by atoms with van der Waals surface area (Å²) in [5.74, 6) is 0.0727. The van der Waals surface area contributed by atoms with Crippen LogP contribution in [0.2, 0.25) is 0 Å². The van der Waals surface area contributed by atoms with Crippen molar-refractivity contribution in [1.29, 1.82) is 0 Å². The third-order valence-electron chi connectivity index (χ3n) is 3.46. The van der Waals surface area contributed by atoms with E-state index in [2.05, 4.69) is 10.6 Å². The quantitative estimate of drug-likeness (QED) is 0.718. The van der Waals surface area contributed by atoms with E-state index in [1.165, 1.54) is 12.8 Å². The lowest BCUT2D eigenvalue weighted by atomic mass is 10.1. The molecule has 1 unspecified atom stereocenters. The molecular weight excluding hydrogens is 218 g/mol. The second-order valence-electron chi connectivity index (χ2n) is 4.87. The summed E-state index contributed by atoms with van der Waals surface area (Å²) < 4.78 is 0. The third kappa shape index (κ3) is 3.70. The zero-order chi connectivity index (χ0) is 12.1. The molecule has 0 aromatic heterocycles. The zero-order valence-corrected chi connectivity index (χ0v) is 10.2. The molecule has 2 aliphatic rings. The normalized spacial score (nSPS) is 25.1. The molecule has 5 nitrogen and oxygen atoms in total. The summed E-state index contributed by atoms with van der Waals surface area (Å²) in [7, 11) is 0. The molecule has 17 heavy (non-hydrogen) atoms. The maximum Gasteiger partial charge on any atom is 0.239 e. The van der Waals surface area contributed by atoms with Crippen LogP contribution in [0.4, 0.5) is 0 Å². The molecule has 2 amide bonds. The Morgan fingerprint density at radius 3 is 2.94 bits per heavy atom. The average Bonchev–Trinajstić information content (AvgIpc) is 2.74. The number of hydrogen-bond acceptors (Lipinski definition) is 3. The fourth-order valence-corrected chi connectivity index (χ4v) is 2.44. The van der Waals surface area contributed by atoms with Gasteiger partial charge in [-0.15, -0.1) is 0 Å². The summed E-state index contributed by atoms with van der Waals surface area (Å²) in [6.45, 7) is 2.69. The Bertz CT molecular complexity index is 287. The lowest BCUT2D eigenvalue weighted by molar-refractivity contribution is -0.133. The first-order chi connectivity index (χ1) is 8.25. The van der Waals surface area contributed by atoms with E-state index < -0.39 is 0 Å². The molecule has 0 spiro atoms. The van der Waals surface area contributed by atoms with Gasteiger partial charge in [0, 0.05) is 25.6 Å². The van der Waals surface area contributed by atoms with Gasteiger partial charge in [-0.3, -0.25) is 9.59 Å². The summed E-state index contributed by atoms with van der Waals surface area (Å²) in [5.41, 5.74) is 0. The summed E-state index contributed by atoms with van der Waals surface area (Å²) >= 11 is 0. The molecule has 0 aromatic rings. The van der Waals surface area contributed by atoms with Crippen LogP contribution in [-0.2, 0) is 9.59 Å². The van der Waals surface area contributed by atoms with E-state index in [4.69, 9.17) is 0 Å². The molecule has 0 radical (unpaired) electrons. The fourth-order valence-electron chi connectivity index (χ4n) is 2.44. The van der Waals surface area contributed by atoms with Gasteiger partial charge in [0.05, 0.1) is 6.54 Å². The molecule has 0 aliphatic carbocycles. The molecule has 2 fully saturated rings. The second kappa shape index (κ2) is 6.00. The first kappa shape index (κ1) is 12.4. The van der Waals surface area contributed by atoms with E-state index in [9.17, 15) is 9.59 Å². The molecule has 2 aliphatic heterocycles. The number of carbonyl (C=O) groups excluding carboxylic acids is 2. The molecule has 0 bridgehead atoms. The van der Waals surface area contributed by atoms with Gasteiger partial charge in [-0.25, -0.2) is 0 Å². The summed E-state index contributed by atoms with van der Waals surface area (Å²) in [6.07, 6.45) is 5.07. The highest BCUT2D eigenvalue weighted by Gasteiger charge is 2.22. The van der Waals surface area contributed by atoms with Crippen molar-refractivity contribution in [3.05, 3.63) is 0 Å². The minimum absolute atomic E-state index is 0.0346.